The lowest BCUT2D eigenvalue weighted by atomic mass is 10.1. The number of hydrogen-bond donors (Lipinski definition) is 2. The molecule has 0 unspecified atom stereocenters. The molecule has 0 aliphatic heterocycles. The summed E-state index contributed by atoms with van der Waals surface area (Å²) < 4.78 is 45.3. The highest BCUT2D eigenvalue weighted by atomic mass is 79.9. The Balaban J connectivity index is 1.61. The quantitative estimate of drug-likeness (QED) is 0.295. The van der Waals surface area contributed by atoms with Gasteiger partial charge in [0.2, 0.25) is 5.95 Å². The Morgan fingerprint density at radius 1 is 0.909 bits per heavy atom. The molecule has 0 fully saturated rings. The molecule has 1 heterocycles. The fourth-order valence-electron chi connectivity index (χ4n) is 3.12. The first-order valence-corrected chi connectivity index (χ1v) is 10.6. The summed E-state index contributed by atoms with van der Waals surface area (Å²) in [5.74, 6) is 0.947. The van der Waals surface area contributed by atoms with Crippen LogP contribution in [0.25, 0.3) is 11.3 Å². The molecule has 33 heavy (non-hydrogen) atoms. The van der Waals surface area contributed by atoms with Crippen LogP contribution in [-0.2, 0) is 12.8 Å². The van der Waals surface area contributed by atoms with E-state index in [1.54, 1.807) is 6.07 Å². The lowest BCUT2D eigenvalue weighted by Gasteiger charge is -2.14. The van der Waals surface area contributed by atoms with Gasteiger partial charge in [-0.1, -0.05) is 46.3 Å². The number of nitrogens with one attached hydrogen (secondary N) is 1. The SMILES string of the molecule is Nc1nc(Nc2ccc(C(F)(F)F)cc2)cc(-c2cc(Br)ccc2OCc2ccccc2)n1. The van der Waals surface area contributed by atoms with E-state index in [1.807, 2.05) is 48.5 Å². The average Bonchev–Trinajstić information content (AvgIpc) is 2.78. The Morgan fingerprint density at radius 2 is 1.64 bits per heavy atom. The van der Waals surface area contributed by atoms with E-state index in [0.717, 1.165) is 22.2 Å². The van der Waals surface area contributed by atoms with Crippen LogP contribution in [0.5, 0.6) is 5.75 Å². The average molecular weight is 515 g/mol. The Kier molecular flexibility index (Phi) is 6.50. The van der Waals surface area contributed by atoms with Crippen molar-refractivity contribution in [1.29, 1.82) is 0 Å². The number of alkyl halides is 3. The van der Waals surface area contributed by atoms with Crippen LogP contribution in [-0.4, -0.2) is 9.97 Å². The number of rotatable bonds is 6. The first-order chi connectivity index (χ1) is 15.8. The Morgan fingerprint density at radius 3 is 2.33 bits per heavy atom. The lowest BCUT2D eigenvalue weighted by Crippen LogP contribution is -2.05. The van der Waals surface area contributed by atoms with Crippen molar-refractivity contribution in [3.63, 3.8) is 0 Å². The second-order valence-electron chi connectivity index (χ2n) is 7.11. The Hall–Kier alpha value is -3.59. The molecule has 0 saturated heterocycles. The maximum absolute atomic E-state index is 12.8. The number of anilines is 3. The highest BCUT2D eigenvalue weighted by Gasteiger charge is 2.29. The van der Waals surface area contributed by atoms with Crippen LogP contribution in [0, 0.1) is 0 Å². The van der Waals surface area contributed by atoms with Crippen molar-refractivity contribution in [3.05, 3.63) is 94.5 Å². The maximum atomic E-state index is 12.8. The second-order valence-corrected chi connectivity index (χ2v) is 8.03. The minimum Gasteiger partial charge on any atom is -0.488 e. The zero-order valence-corrected chi connectivity index (χ0v) is 18.7. The van der Waals surface area contributed by atoms with Gasteiger partial charge < -0.3 is 15.8 Å². The van der Waals surface area contributed by atoms with Gasteiger partial charge in [0.25, 0.3) is 0 Å². The number of benzene rings is 3. The van der Waals surface area contributed by atoms with E-state index in [2.05, 4.69) is 31.2 Å². The topological polar surface area (TPSA) is 73.1 Å². The van der Waals surface area contributed by atoms with E-state index >= 15 is 0 Å². The summed E-state index contributed by atoms with van der Waals surface area (Å²) in [6, 6.07) is 21.6. The zero-order chi connectivity index (χ0) is 23.4. The van der Waals surface area contributed by atoms with Crippen LogP contribution in [0.4, 0.5) is 30.6 Å². The van der Waals surface area contributed by atoms with Crippen molar-refractivity contribution in [1.82, 2.24) is 9.97 Å². The highest BCUT2D eigenvalue weighted by molar-refractivity contribution is 9.10. The van der Waals surface area contributed by atoms with Crippen LogP contribution in [0.3, 0.4) is 0 Å². The van der Waals surface area contributed by atoms with Crippen molar-refractivity contribution in [3.8, 4) is 17.0 Å². The molecule has 5 nitrogen and oxygen atoms in total. The zero-order valence-electron chi connectivity index (χ0n) is 17.1. The van der Waals surface area contributed by atoms with Crippen molar-refractivity contribution in [2.75, 3.05) is 11.1 Å². The number of nitrogens with zero attached hydrogens (tertiary/aromatic N) is 2. The predicted molar refractivity (Wildman–Crippen MR) is 125 cm³/mol. The molecule has 0 bridgehead atoms. The smallest absolute Gasteiger partial charge is 0.416 e. The van der Waals surface area contributed by atoms with Crippen molar-refractivity contribution in [2.45, 2.75) is 12.8 Å². The second kappa shape index (κ2) is 9.50. The number of nitrogen functional groups attached to an aromatic ring is 1. The molecule has 0 amide bonds. The van der Waals surface area contributed by atoms with E-state index in [1.165, 1.54) is 12.1 Å². The number of halogens is 4. The monoisotopic (exact) mass is 514 g/mol. The molecule has 0 atom stereocenters. The summed E-state index contributed by atoms with van der Waals surface area (Å²) in [5, 5.41) is 2.97. The van der Waals surface area contributed by atoms with Gasteiger partial charge in [0.1, 0.15) is 18.2 Å². The highest BCUT2D eigenvalue weighted by Crippen LogP contribution is 2.34. The van der Waals surface area contributed by atoms with Crippen molar-refractivity contribution < 1.29 is 17.9 Å². The number of aromatic nitrogens is 2. The first kappa shape index (κ1) is 22.6. The number of nitrogens with two attached hydrogens (primary N) is 1. The first-order valence-electron chi connectivity index (χ1n) is 9.83. The summed E-state index contributed by atoms with van der Waals surface area (Å²) in [6.45, 7) is 0.368. The van der Waals surface area contributed by atoms with Crippen molar-refractivity contribution >= 4 is 33.4 Å². The van der Waals surface area contributed by atoms with E-state index < -0.39 is 11.7 Å². The minimum atomic E-state index is -4.40. The summed E-state index contributed by atoms with van der Waals surface area (Å²) >= 11 is 3.47. The fraction of sp³-hybridized carbons (Fsp3) is 0.0833. The van der Waals surface area contributed by atoms with Gasteiger partial charge >= 0.3 is 6.18 Å². The van der Waals surface area contributed by atoms with Crippen LogP contribution < -0.4 is 15.8 Å². The third kappa shape index (κ3) is 5.81. The van der Waals surface area contributed by atoms with Gasteiger partial charge in [0.15, 0.2) is 0 Å². The largest absolute Gasteiger partial charge is 0.488 e. The molecule has 3 aromatic carbocycles. The Labute approximate surface area is 196 Å². The number of hydrogen-bond acceptors (Lipinski definition) is 5. The molecule has 9 heteroatoms. The normalized spacial score (nSPS) is 11.3. The van der Waals surface area contributed by atoms with Crippen LogP contribution in [0.15, 0.2) is 83.3 Å². The molecular formula is C24H18BrF3N4O. The van der Waals surface area contributed by atoms with Crippen LogP contribution >= 0.6 is 15.9 Å². The molecule has 0 aliphatic carbocycles. The molecule has 0 radical (unpaired) electrons. The third-order valence-electron chi connectivity index (χ3n) is 4.68. The molecule has 0 spiro atoms. The van der Waals surface area contributed by atoms with E-state index in [0.29, 0.717) is 35.1 Å². The summed E-state index contributed by atoms with van der Waals surface area (Å²) in [7, 11) is 0. The number of ether oxygens (including phenoxy) is 1. The predicted octanol–water partition coefficient (Wildman–Crippen LogP) is 6.83. The minimum absolute atomic E-state index is 0.0101. The van der Waals surface area contributed by atoms with Gasteiger partial charge in [-0.3, -0.25) is 0 Å². The summed E-state index contributed by atoms with van der Waals surface area (Å²) in [4.78, 5) is 8.48. The fourth-order valence-corrected chi connectivity index (χ4v) is 3.48. The molecule has 0 saturated carbocycles. The third-order valence-corrected chi connectivity index (χ3v) is 5.18. The molecule has 4 aromatic rings. The summed E-state index contributed by atoms with van der Waals surface area (Å²) in [5.41, 5.74) is 7.82. The molecule has 3 N–H and O–H groups in total. The Bertz CT molecular complexity index is 1250. The van der Waals surface area contributed by atoms with Crippen LogP contribution in [0.2, 0.25) is 0 Å². The molecule has 4 rings (SSSR count). The maximum Gasteiger partial charge on any atom is 0.416 e. The summed E-state index contributed by atoms with van der Waals surface area (Å²) in [6.07, 6.45) is -4.40. The van der Waals surface area contributed by atoms with Gasteiger partial charge in [0, 0.05) is 21.8 Å². The van der Waals surface area contributed by atoms with E-state index in [-0.39, 0.29) is 5.95 Å². The van der Waals surface area contributed by atoms with Gasteiger partial charge in [-0.25, -0.2) is 4.98 Å². The lowest BCUT2D eigenvalue weighted by molar-refractivity contribution is -0.137. The van der Waals surface area contributed by atoms with Crippen LogP contribution in [0.1, 0.15) is 11.1 Å². The van der Waals surface area contributed by atoms with Gasteiger partial charge in [-0.05, 0) is 48.0 Å². The molecular weight excluding hydrogens is 497 g/mol. The van der Waals surface area contributed by atoms with Gasteiger partial charge in [0.05, 0.1) is 11.3 Å². The van der Waals surface area contributed by atoms with Gasteiger partial charge in [-0.15, -0.1) is 0 Å². The molecule has 0 aliphatic rings. The standard InChI is InChI=1S/C24H18BrF3N4O/c25-17-8-11-21(33-14-15-4-2-1-3-5-15)19(12-17)20-13-22(32-23(29)31-20)30-18-9-6-16(7-10-18)24(26,27)28/h1-13H,14H2,(H3,29,30,31,32). The van der Waals surface area contributed by atoms with E-state index in [4.69, 9.17) is 10.5 Å². The van der Waals surface area contributed by atoms with Gasteiger partial charge in [-0.2, -0.15) is 18.2 Å². The van der Waals surface area contributed by atoms with E-state index in [9.17, 15) is 13.2 Å². The molecule has 168 valence electrons. The van der Waals surface area contributed by atoms with Crippen molar-refractivity contribution in [2.24, 2.45) is 0 Å². The molecule has 1 aromatic heterocycles.